The van der Waals surface area contributed by atoms with Crippen molar-refractivity contribution in [3.63, 3.8) is 0 Å². The van der Waals surface area contributed by atoms with Crippen molar-refractivity contribution in [1.29, 1.82) is 0 Å². The smallest absolute Gasteiger partial charge is 0.339 e. The highest BCUT2D eigenvalue weighted by molar-refractivity contribution is 6.00. The molecule has 0 spiro atoms. The van der Waals surface area contributed by atoms with Crippen LogP contribution in [0.25, 0.3) is 0 Å². The third kappa shape index (κ3) is 4.07. The molecule has 0 unspecified atom stereocenters. The van der Waals surface area contributed by atoms with Gasteiger partial charge in [0.1, 0.15) is 5.69 Å². The summed E-state index contributed by atoms with van der Waals surface area (Å²) in [7, 11) is 4.48. The number of esters is 1. The lowest BCUT2D eigenvalue weighted by Gasteiger charge is -2.21. The number of rotatable bonds is 7. The molecule has 1 amide bonds. The fourth-order valence-electron chi connectivity index (χ4n) is 3.06. The molecule has 146 valence electrons. The van der Waals surface area contributed by atoms with Crippen LogP contribution < -0.4 is 9.47 Å². The number of amides is 1. The third-order valence-electron chi connectivity index (χ3n) is 4.53. The zero-order chi connectivity index (χ0) is 20.1. The number of ether oxygens (including phenoxy) is 3. The first kappa shape index (κ1) is 20.4. The van der Waals surface area contributed by atoms with Gasteiger partial charge in [-0.25, -0.2) is 4.79 Å². The molecule has 27 heavy (non-hydrogen) atoms. The standard InChI is InChI=1S/C20H26N2O5/c1-7-22(11-14-8-9-15(25-4)16(10-14)26-5)19(23)18-12(2)17(13(3)21-18)20(24)27-6/h8-10,21H,7,11H2,1-6H3. The quantitative estimate of drug-likeness (QED) is 0.753. The number of aromatic amines is 1. The normalized spacial score (nSPS) is 10.4. The SMILES string of the molecule is CCN(Cc1ccc(OC)c(OC)c1)C(=O)c1[nH]c(C)c(C(=O)OC)c1C. The average Bonchev–Trinajstić information content (AvgIpc) is 2.98. The van der Waals surface area contributed by atoms with Gasteiger partial charge in [-0.2, -0.15) is 0 Å². The van der Waals surface area contributed by atoms with Gasteiger partial charge in [0.25, 0.3) is 5.91 Å². The first-order valence-corrected chi connectivity index (χ1v) is 8.65. The van der Waals surface area contributed by atoms with Crippen molar-refractivity contribution in [1.82, 2.24) is 9.88 Å². The van der Waals surface area contributed by atoms with Crippen LogP contribution in [0.1, 0.15) is 44.6 Å². The van der Waals surface area contributed by atoms with Gasteiger partial charge in [0, 0.05) is 18.8 Å². The van der Waals surface area contributed by atoms with E-state index in [1.54, 1.807) is 33.0 Å². The minimum Gasteiger partial charge on any atom is -0.493 e. The van der Waals surface area contributed by atoms with Crippen LogP contribution in [0.4, 0.5) is 0 Å². The van der Waals surface area contributed by atoms with E-state index in [9.17, 15) is 9.59 Å². The van der Waals surface area contributed by atoms with Crippen LogP contribution in [-0.2, 0) is 11.3 Å². The van der Waals surface area contributed by atoms with Crippen LogP contribution in [0.15, 0.2) is 18.2 Å². The minimum absolute atomic E-state index is 0.178. The molecule has 7 nitrogen and oxygen atoms in total. The van der Waals surface area contributed by atoms with Gasteiger partial charge in [0.2, 0.25) is 0 Å². The first-order chi connectivity index (χ1) is 12.9. The molecule has 1 N–H and O–H groups in total. The molecule has 0 fully saturated rings. The van der Waals surface area contributed by atoms with Crippen LogP contribution >= 0.6 is 0 Å². The van der Waals surface area contributed by atoms with Gasteiger partial charge in [0.15, 0.2) is 11.5 Å². The number of aryl methyl sites for hydroxylation is 1. The maximum Gasteiger partial charge on any atom is 0.339 e. The third-order valence-corrected chi connectivity index (χ3v) is 4.53. The average molecular weight is 374 g/mol. The van der Waals surface area contributed by atoms with Gasteiger partial charge in [0.05, 0.1) is 26.9 Å². The van der Waals surface area contributed by atoms with E-state index < -0.39 is 5.97 Å². The van der Waals surface area contributed by atoms with E-state index in [4.69, 9.17) is 14.2 Å². The topological polar surface area (TPSA) is 80.9 Å². The van der Waals surface area contributed by atoms with Gasteiger partial charge in [-0.3, -0.25) is 4.79 Å². The Hall–Kier alpha value is -2.96. The highest BCUT2D eigenvalue weighted by atomic mass is 16.5. The Bertz CT molecular complexity index is 841. The van der Waals surface area contributed by atoms with Crippen LogP contribution in [0.3, 0.4) is 0 Å². The summed E-state index contributed by atoms with van der Waals surface area (Å²) >= 11 is 0. The van der Waals surface area contributed by atoms with E-state index in [-0.39, 0.29) is 5.91 Å². The Kier molecular flexibility index (Phi) is 6.50. The fourth-order valence-corrected chi connectivity index (χ4v) is 3.06. The number of methoxy groups -OCH3 is 3. The minimum atomic E-state index is -0.455. The largest absolute Gasteiger partial charge is 0.493 e. The molecule has 0 saturated carbocycles. The molecule has 7 heteroatoms. The summed E-state index contributed by atoms with van der Waals surface area (Å²) < 4.78 is 15.4. The van der Waals surface area contributed by atoms with Crippen molar-refractivity contribution in [2.24, 2.45) is 0 Å². The highest BCUT2D eigenvalue weighted by Crippen LogP contribution is 2.28. The summed E-state index contributed by atoms with van der Waals surface area (Å²) in [5, 5.41) is 0. The van der Waals surface area contributed by atoms with E-state index in [0.717, 1.165) is 5.56 Å². The molecule has 0 bridgehead atoms. The van der Waals surface area contributed by atoms with E-state index >= 15 is 0 Å². The number of hydrogen-bond donors (Lipinski definition) is 1. The maximum atomic E-state index is 13.0. The molecule has 0 radical (unpaired) electrons. The number of nitrogens with one attached hydrogen (secondary N) is 1. The van der Waals surface area contributed by atoms with E-state index in [0.29, 0.717) is 47.1 Å². The zero-order valence-electron chi connectivity index (χ0n) is 16.6. The number of benzene rings is 1. The number of H-pyrrole nitrogens is 1. The summed E-state index contributed by atoms with van der Waals surface area (Å²) in [6, 6.07) is 5.55. The molecule has 1 aromatic carbocycles. The Labute approximate surface area is 159 Å². The second-order valence-electron chi connectivity index (χ2n) is 6.13. The van der Waals surface area contributed by atoms with Crippen molar-refractivity contribution < 1.29 is 23.8 Å². The van der Waals surface area contributed by atoms with Gasteiger partial charge < -0.3 is 24.1 Å². The van der Waals surface area contributed by atoms with E-state index in [1.165, 1.54) is 7.11 Å². The molecular weight excluding hydrogens is 348 g/mol. The lowest BCUT2D eigenvalue weighted by Crippen LogP contribution is -2.31. The zero-order valence-corrected chi connectivity index (χ0v) is 16.6. The molecular formula is C20H26N2O5. The number of aromatic nitrogens is 1. The summed E-state index contributed by atoms with van der Waals surface area (Å²) in [5.41, 5.74) is 2.93. The predicted molar refractivity (Wildman–Crippen MR) is 102 cm³/mol. The maximum absolute atomic E-state index is 13.0. The van der Waals surface area contributed by atoms with Crippen LogP contribution in [-0.4, -0.2) is 49.6 Å². The molecule has 1 heterocycles. The Morgan fingerprint density at radius 1 is 1.07 bits per heavy atom. The van der Waals surface area contributed by atoms with Crippen molar-refractivity contribution >= 4 is 11.9 Å². The lowest BCUT2D eigenvalue weighted by molar-refractivity contribution is 0.0599. The van der Waals surface area contributed by atoms with Crippen molar-refractivity contribution in [3.05, 3.63) is 46.3 Å². The molecule has 0 aliphatic rings. The molecule has 0 aliphatic carbocycles. The molecule has 0 saturated heterocycles. The molecule has 1 aromatic heterocycles. The fraction of sp³-hybridized carbons (Fsp3) is 0.400. The van der Waals surface area contributed by atoms with Crippen LogP contribution in [0, 0.1) is 13.8 Å². The van der Waals surface area contributed by atoms with Gasteiger partial charge in [-0.15, -0.1) is 0 Å². The monoisotopic (exact) mass is 374 g/mol. The van der Waals surface area contributed by atoms with Gasteiger partial charge in [-0.05, 0) is 44.0 Å². The lowest BCUT2D eigenvalue weighted by atomic mass is 10.1. The molecule has 0 aliphatic heterocycles. The van der Waals surface area contributed by atoms with Crippen LogP contribution in [0.2, 0.25) is 0 Å². The summed E-state index contributed by atoms with van der Waals surface area (Å²) in [4.78, 5) is 29.7. The van der Waals surface area contributed by atoms with Gasteiger partial charge >= 0.3 is 5.97 Å². The molecule has 2 rings (SSSR count). The number of nitrogens with zero attached hydrogens (tertiary/aromatic N) is 1. The first-order valence-electron chi connectivity index (χ1n) is 8.65. The Morgan fingerprint density at radius 3 is 2.30 bits per heavy atom. The van der Waals surface area contributed by atoms with Crippen molar-refractivity contribution in [2.75, 3.05) is 27.9 Å². The van der Waals surface area contributed by atoms with E-state index in [1.807, 2.05) is 25.1 Å². The molecule has 0 atom stereocenters. The molecule has 2 aromatic rings. The highest BCUT2D eigenvalue weighted by Gasteiger charge is 2.25. The summed E-state index contributed by atoms with van der Waals surface area (Å²) in [6.45, 7) is 6.32. The van der Waals surface area contributed by atoms with Crippen LogP contribution in [0.5, 0.6) is 11.5 Å². The Morgan fingerprint density at radius 2 is 1.74 bits per heavy atom. The second-order valence-corrected chi connectivity index (χ2v) is 6.13. The van der Waals surface area contributed by atoms with Crippen molar-refractivity contribution in [3.8, 4) is 11.5 Å². The summed E-state index contributed by atoms with van der Waals surface area (Å²) in [6.07, 6.45) is 0. The van der Waals surface area contributed by atoms with Crippen molar-refractivity contribution in [2.45, 2.75) is 27.3 Å². The van der Waals surface area contributed by atoms with Gasteiger partial charge in [-0.1, -0.05) is 6.07 Å². The van der Waals surface area contributed by atoms with E-state index in [2.05, 4.69) is 4.98 Å². The number of hydrogen-bond acceptors (Lipinski definition) is 5. The predicted octanol–water partition coefficient (Wildman–Crippen LogP) is 3.10. The Balaban J connectivity index is 2.31. The summed E-state index contributed by atoms with van der Waals surface area (Å²) in [5.74, 6) is 0.610. The second kappa shape index (κ2) is 8.62. The number of carbonyl (C=O) groups excluding carboxylic acids is 2. The number of carbonyl (C=O) groups is 2.